The zero-order valence-electron chi connectivity index (χ0n) is 16.7. The Balaban J connectivity index is 1.67. The van der Waals surface area contributed by atoms with Gasteiger partial charge in [-0.25, -0.2) is 0 Å². The number of amides is 1. The van der Waals surface area contributed by atoms with Gasteiger partial charge in [0.15, 0.2) is 6.10 Å². The second kappa shape index (κ2) is 9.69. The molecular formula is C23H26ClN3O2. The van der Waals surface area contributed by atoms with Crippen LogP contribution in [0.5, 0.6) is 5.75 Å². The Labute approximate surface area is 177 Å². The van der Waals surface area contributed by atoms with Gasteiger partial charge in [0.2, 0.25) is 0 Å². The second-order valence-corrected chi connectivity index (χ2v) is 7.61. The van der Waals surface area contributed by atoms with E-state index in [0.29, 0.717) is 22.0 Å². The summed E-state index contributed by atoms with van der Waals surface area (Å²) in [6, 6.07) is 13.6. The molecule has 1 amide bonds. The number of hydrogen-bond acceptors (Lipinski definition) is 4. The lowest BCUT2D eigenvalue weighted by atomic mass is 10.1. The quantitative estimate of drug-likeness (QED) is 0.561. The van der Waals surface area contributed by atoms with Crippen molar-refractivity contribution in [2.75, 3.05) is 18.8 Å². The lowest BCUT2D eigenvalue weighted by Crippen LogP contribution is -2.37. The number of carbonyl (C=O) groups is 1. The fraction of sp³-hybridized carbons (Fsp3) is 0.348. The molecule has 1 fully saturated rings. The molecule has 5 nitrogen and oxygen atoms in total. The highest BCUT2D eigenvalue weighted by Gasteiger charge is 2.26. The number of anilines is 1. The summed E-state index contributed by atoms with van der Waals surface area (Å²) in [5.74, 6) is 5.89. The fourth-order valence-corrected chi connectivity index (χ4v) is 3.63. The molecule has 0 bridgehead atoms. The van der Waals surface area contributed by atoms with E-state index in [0.717, 1.165) is 26.1 Å². The highest BCUT2D eigenvalue weighted by atomic mass is 35.5. The minimum atomic E-state index is -0.361. The number of nitrogen functional groups attached to an aromatic ring is 1. The molecular weight excluding hydrogens is 386 g/mol. The standard InChI is InChI=1S/C23H26ClN3O2/c1-3-7-16(2)29-22-13-21(25)20(24)12-19(22)23(28)26-18-10-11-27(15-18)14-17-8-5-4-6-9-17/h4-6,8-9,12-13,16,18H,10-11,14-15,25H2,1-2H3,(H,26,28). The van der Waals surface area contributed by atoms with Crippen molar-refractivity contribution in [2.24, 2.45) is 0 Å². The van der Waals surface area contributed by atoms with Crippen LogP contribution in [-0.2, 0) is 6.54 Å². The van der Waals surface area contributed by atoms with Gasteiger partial charge in [-0.15, -0.1) is 5.92 Å². The number of nitrogens with zero attached hydrogens (tertiary/aromatic N) is 1. The van der Waals surface area contributed by atoms with Gasteiger partial charge in [0.05, 0.1) is 16.3 Å². The Morgan fingerprint density at radius 1 is 1.38 bits per heavy atom. The molecule has 6 heteroatoms. The number of rotatable bonds is 6. The highest BCUT2D eigenvalue weighted by Crippen LogP contribution is 2.30. The van der Waals surface area contributed by atoms with Crippen LogP contribution in [0.3, 0.4) is 0 Å². The first-order valence-corrected chi connectivity index (χ1v) is 10.1. The summed E-state index contributed by atoms with van der Waals surface area (Å²) < 4.78 is 5.82. The van der Waals surface area contributed by atoms with Crippen LogP contribution in [-0.4, -0.2) is 36.0 Å². The van der Waals surface area contributed by atoms with Gasteiger partial charge in [0.25, 0.3) is 5.91 Å². The molecule has 2 atom stereocenters. The van der Waals surface area contributed by atoms with E-state index in [1.807, 2.05) is 25.1 Å². The van der Waals surface area contributed by atoms with Gasteiger partial charge < -0.3 is 15.8 Å². The molecule has 1 saturated heterocycles. The molecule has 1 heterocycles. The third kappa shape index (κ3) is 5.66. The molecule has 0 aromatic heterocycles. The summed E-state index contributed by atoms with van der Waals surface area (Å²) >= 11 is 6.16. The number of nitrogens with two attached hydrogens (primary N) is 1. The molecule has 1 aliphatic rings. The average Bonchev–Trinajstić information content (AvgIpc) is 3.12. The number of hydrogen-bond donors (Lipinski definition) is 2. The predicted molar refractivity (Wildman–Crippen MR) is 117 cm³/mol. The van der Waals surface area contributed by atoms with Crippen LogP contribution in [0.25, 0.3) is 0 Å². The Kier molecular flexibility index (Phi) is 7.03. The van der Waals surface area contributed by atoms with Crippen LogP contribution < -0.4 is 15.8 Å². The van der Waals surface area contributed by atoms with Crippen molar-refractivity contribution >= 4 is 23.2 Å². The summed E-state index contributed by atoms with van der Waals surface area (Å²) in [6.45, 7) is 6.18. The third-order valence-electron chi connectivity index (χ3n) is 4.85. The molecule has 1 aliphatic heterocycles. The monoisotopic (exact) mass is 411 g/mol. The van der Waals surface area contributed by atoms with E-state index in [1.54, 1.807) is 19.1 Å². The van der Waals surface area contributed by atoms with Gasteiger partial charge in [-0.3, -0.25) is 9.69 Å². The Morgan fingerprint density at radius 2 is 2.14 bits per heavy atom. The number of likely N-dealkylation sites (tertiary alicyclic amines) is 1. The largest absolute Gasteiger partial charge is 0.477 e. The van der Waals surface area contributed by atoms with Gasteiger partial charge in [-0.1, -0.05) is 47.9 Å². The van der Waals surface area contributed by atoms with E-state index in [4.69, 9.17) is 22.1 Å². The lowest BCUT2D eigenvalue weighted by Gasteiger charge is -2.19. The first-order chi connectivity index (χ1) is 14.0. The highest BCUT2D eigenvalue weighted by molar-refractivity contribution is 6.33. The first kappa shape index (κ1) is 21.0. The lowest BCUT2D eigenvalue weighted by molar-refractivity contribution is 0.0933. The molecule has 2 unspecified atom stereocenters. The minimum absolute atomic E-state index is 0.0725. The van der Waals surface area contributed by atoms with Gasteiger partial charge in [-0.2, -0.15) is 0 Å². The van der Waals surface area contributed by atoms with Crippen LogP contribution in [0.2, 0.25) is 5.02 Å². The average molecular weight is 412 g/mol. The van der Waals surface area contributed by atoms with Crippen LogP contribution in [0, 0.1) is 11.8 Å². The van der Waals surface area contributed by atoms with E-state index in [2.05, 4.69) is 34.2 Å². The van der Waals surface area contributed by atoms with Crippen molar-refractivity contribution in [3.8, 4) is 17.6 Å². The number of halogens is 1. The normalized spacial score (nSPS) is 17.3. The van der Waals surface area contributed by atoms with Crippen LogP contribution in [0.4, 0.5) is 5.69 Å². The molecule has 0 spiro atoms. The third-order valence-corrected chi connectivity index (χ3v) is 5.18. The fourth-order valence-electron chi connectivity index (χ4n) is 3.47. The number of carbonyl (C=O) groups excluding carboxylic acids is 1. The molecule has 29 heavy (non-hydrogen) atoms. The minimum Gasteiger partial charge on any atom is -0.477 e. The first-order valence-electron chi connectivity index (χ1n) is 9.71. The van der Waals surface area contributed by atoms with E-state index >= 15 is 0 Å². The molecule has 152 valence electrons. The summed E-state index contributed by atoms with van der Waals surface area (Å²) in [6.07, 6.45) is 0.537. The van der Waals surface area contributed by atoms with Crippen LogP contribution in [0.1, 0.15) is 36.2 Å². The van der Waals surface area contributed by atoms with Crippen molar-refractivity contribution < 1.29 is 9.53 Å². The topological polar surface area (TPSA) is 67.6 Å². The molecule has 2 aromatic rings. The van der Waals surface area contributed by atoms with Gasteiger partial charge in [-0.05, 0) is 31.9 Å². The zero-order valence-corrected chi connectivity index (χ0v) is 17.5. The van der Waals surface area contributed by atoms with Crippen molar-refractivity contribution in [3.05, 3.63) is 58.6 Å². The summed E-state index contributed by atoms with van der Waals surface area (Å²) in [5.41, 5.74) is 7.91. The Morgan fingerprint density at radius 3 is 2.86 bits per heavy atom. The van der Waals surface area contributed by atoms with Crippen LogP contribution >= 0.6 is 11.6 Å². The maximum absolute atomic E-state index is 12.9. The van der Waals surface area contributed by atoms with E-state index < -0.39 is 0 Å². The van der Waals surface area contributed by atoms with Crippen molar-refractivity contribution in [1.82, 2.24) is 10.2 Å². The van der Waals surface area contributed by atoms with Gasteiger partial charge in [0, 0.05) is 31.7 Å². The van der Waals surface area contributed by atoms with Gasteiger partial charge >= 0.3 is 0 Å². The molecule has 3 N–H and O–H groups in total. The molecule has 3 rings (SSSR count). The van der Waals surface area contributed by atoms with Crippen LogP contribution in [0.15, 0.2) is 42.5 Å². The number of benzene rings is 2. The maximum Gasteiger partial charge on any atom is 0.255 e. The predicted octanol–water partition coefficient (Wildman–Crippen LogP) is 3.72. The van der Waals surface area contributed by atoms with E-state index in [1.165, 1.54) is 5.56 Å². The summed E-state index contributed by atoms with van der Waals surface area (Å²) in [7, 11) is 0. The zero-order chi connectivity index (χ0) is 20.8. The smallest absolute Gasteiger partial charge is 0.255 e. The Bertz CT molecular complexity index is 921. The molecule has 2 aromatic carbocycles. The summed E-state index contributed by atoms with van der Waals surface area (Å²) in [4.78, 5) is 15.3. The van der Waals surface area contributed by atoms with Gasteiger partial charge in [0.1, 0.15) is 5.75 Å². The number of nitrogens with one attached hydrogen (secondary N) is 1. The maximum atomic E-state index is 12.9. The van der Waals surface area contributed by atoms with Crippen molar-refractivity contribution in [1.29, 1.82) is 0 Å². The molecule has 0 radical (unpaired) electrons. The van der Waals surface area contributed by atoms with Crippen molar-refractivity contribution in [2.45, 2.75) is 39.0 Å². The van der Waals surface area contributed by atoms with E-state index in [-0.39, 0.29) is 18.1 Å². The Hall–Kier alpha value is -2.68. The SMILES string of the molecule is CC#CC(C)Oc1cc(N)c(Cl)cc1C(=O)NC1CCN(Cc2ccccc2)C1. The number of ether oxygens (including phenoxy) is 1. The molecule has 0 saturated carbocycles. The van der Waals surface area contributed by atoms with E-state index in [9.17, 15) is 4.79 Å². The second-order valence-electron chi connectivity index (χ2n) is 7.20. The van der Waals surface area contributed by atoms with Crippen molar-refractivity contribution in [3.63, 3.8) is 0 Å². The molecule has 0 aliphatic carbocycles. The summed E-state index contributed by atoms with van der Waals surface area (Å²) in [5, 5.41) is 3.43.